The number of nitrogens with one attached hydrogen (secondary N) is 7. The van der Waals surface area contributed by atoms with Crippen LogP contribution in [0.25, 0.3) is 0 Å². The highest BCUT2D eigenvalue weighted by atomic mass is 32.2. The number of hydrogen-bond donors (Lipinski definition) is 13. The SMILES string of the molecule is CSCCC(NC(=O)C(CC(=O)CNC(=O)C(CS)CC(=O)C(C)NC(C)=O)Cc1ccccc1)C(=O)NC(CC(=O)O)C(=O)NCC(=O)CC(CCCN=C(N)N)C(=O)NC(S)C(=O)NC(C)C(=O)O. The Bertz CT molecular complexity index is 2080. The third-order valence-electron chi connectivity index (χ3n) is 10.4. The Labute approximate surface area is 426 Å². The number of aliphatic carboxylic acids is 2. The highest BCUT2D eigenvalue weighted by Crippen LogP contribution is 2.17. The molecule has 8 atom stereocenters. The summed E-state index contributed by atoms with van der Waals surface area (Å²) < 4.78 is 0. The number of carboxylic acid groups (broad SMARTS) is 2. The van der Waals surface area contributed by atoms with Gasteiger partial charge in [0.05, 0.1) is 31.5 Å². The molecule has 24 nitrogen and oxygen atoms in total. The third kappa shape index (κ3) is 26.0. The molecule has 1 aromatic rings. The van der Waals surface area contributed by atoms with E-state index in [4.69, 9.17) is 16.6 Å². The Balaban J connectivity index is 3.19. The van der Waals surface area contributed by atoms with Crippen molar-refractivity contribution in [2.75, 3.05) is 37.4 Å². The second-order valence-corrected chi connectivity index (χ2v) is 18.3. The number of guanidine groups is 1. The summed E-state index contributed by atoms with van der Waals surface area (Å²) in [5, 5.41) is 33.8. The van der Waals surface area contributed by atoms with Gasteiger partial charge in [0.1, 0.15) is 18.1 Å². The van der Waals surface area contributed by atoms with E-state index in [1.54, 1.807) is 36.6 Å². The van der Waals surface area contributed by atoms with Crippen LogP contribution in [0.3, 0.4) is 0 Å². The summed E-state index contributed by atoms with van der Waals surface area (Å²) >= 11 is 9.50. The summed E-state index contributed by atoms with van der Waals surface area (Å²) in [4.78, 5) is 157. The summed E-state index contributed by atoms with van der Waals surface area (Å²) in [6, 6.07) is 3.32. The lowest BCUT2D eigenvalue weighted by Crippen LogP contribution is -2.55. The van der Waals surface area contributed by atoms with Crippen LogP contribution in [0, 0.1) is 17.8 Å². The molecule has 8 unspecified atom stereocenters. The zero-order valence-corrected chi connectivity index (χ0v) is 42.5. The number of carbonyl (C=O) groups excluding carboxylic acids is 10. The molecule has 0 heterocycles. The van der Waals surface area contributed by atoms with E-state index in [1.165, 1.54) is 32.5 Å². The topological polar surface area (TPSA) is 394 Å². The molecule has 0 radical (unpaired) electrons. The van der Waals surface area contributed by atoms with E-state index in [0.717, 1.165) is 0 Å². The standard InChI is InChI=1S/C44H66N10O14S3/c1-23(50-25(3)55)34(58)18-29(22-69)36(61)48-20-31(57)17-28(15-26-9-6-5-7-10-26)38(63)52-32(12-14-71-4)40(65)53-33(19-35(59)60)39(64)49-21-30(56)16-27(11-8-13-47-44(45)46)37(62)54-42(70)41(66)51-24(2)43(67)68/h5-7,9-10,23-24,27-29,32-33,42,69-70H,8,11-22H2,1-4H3,(H,48,61)(H,49,64)(H,50,55)(H,51,66)(H,52,63)(H,53,65)(H,54,62)(H,59,60)(H,67,68)(H4,45,46,47). The number of hydrogen-bond acceptors (Lipinski definition) is 16. The van der Waals surface area contributed by atoms with Gasteiger partial charge in [-0.15, -0.1) is 12.6 Å². The Kier molecular flexibility index (Phi) is 29.5. The minimum absolute atomic E-state index is 0.00376. The summed E-state index contributed by atoms with van der Waals surface area (Å²) in [5.41, 5.74) is 11.4. The monoisotopic (exact) mass is 1050 g/mol. The average molecular weight is 1060 g/mol. The second-order valence-electron chi connectivity index (χ2n) is 16.4. The summed E-state index contributed by atoms with van der Waals surface area (Å²) in [7, 11) is 0. The van der Waals surface area contributed by atoms with E-state index in [1.807, 2.05) is 0 Å². The number of amides is 7. The molecule has 1 rings (SSSR count). The van der Waals surface area contributed by atoms with Crippen molar-refractivity contribution in [3.8, 4) is 0 Å². The van der Waals surface area contributed by atoms with E-state index in [0.29, 0.717) is 11.3 Å². The fourth-order valence-electron chi connectivity index (χ4n) is 6.53. The van der Waals surface area contributed by atoms with Gasteiger partial charge in [-0.1, -0.05) is 30.3 Å². The number of carboxylic acids is 2. The lowest BCUT2D eigenvalue weighted by atomic mass is 9.92. The Hall–Kier alpha value is -6.22. The van der Waals surface area contributed by atoms with Crippen LogP contribution in [0.2, 0.25) is 0 Å². The van der Waals surface area contributed by atoms with Crippen molar-refractivity contribution in [3.05, 3.63) is 35.9 Å². The first-order valence-corrected chi connectivity index (χ1v) is 24.8. The number of thiol groups is 2. The molecule has 0 aliphatic heterocycles. The van der Waals surface area contributed by atoms with E-state index in [2.05, 4.69) is 67.5 Å². The minimum Gasteiger partial charge on any atom is -0.481 e. The van der Waals surface area contributed by atoms with Crippen molar-refractivity contribution < 1.29 is 67.7 Å². The lowest BCUT2D eigenvalue weighted by molar-refractivity contribution is -0.142. The van der Waals surface area contributed by atoms with Gasteiger partial charge in [0.25, 0.3) is 5.91 Å². The van der Waals surface area contributed by atoms with Crippen molar-refractivity contribution in [1.82, 2.24) is 37.2 Å². The van der Waals surface area contributed by atoms with Crippen LogP contribution in [-0.2, 0) is 64.0 Å². The smallest absolute Gasteiger partial charge is 0.325 e. The predicted octanol–water partition coefficient (Wildman–Crippen LogP) is -2.15. The van der Waals surface area contributed by atoms with Gasteiger partial charge in [0.2, 0.25) is 35.4 Å². The van der Waals surface area contributed by atoms with Crippen molar-refractivity contribution in [2.45, 2.75) is 102 Å². The molecular weight excluding hydrogens is 989 g/mol. The average Bonchev–Trinajstić information content (AvgIpc) is 3.30. The zero-order valence-electron chi connectivity index (χ0n) is 39.9. The lowest BCUT2D eigenvalue weighted by Gasteiger charge is -2.25. The first kappa shape index (κ1) is 62.8. The molecule has 0 fully saturated rings. The molecule has 27 heteroatoms. The maximum Gasteiger partial charge on any atom is 0.325 e. The van der Waals surface area contributed by atoms with Crippen molar-refractivity contribution in [3.63, 3.8) is 0 Å². The fraction of sp³-hybridized carbons (Fsp3) is 0.568. The van der Waals surface area contributed by atoms with Crippen molar-refractivity contribution >= 4 is 114 Å². The molecule has 0 bridgehead atoms. The second kappa shape index (κ2) is 33.4. The van der Waals surface area contributed by atoms with Crippen LogP contribution in [0.5, 0.6) is 0 Å². The molecular formula is C44H66N10O14S3. The maximum absolute atomic E-state index is 14.0. The number of aliphatic imine (C=N–C) groups is 1. The number of nitrogens with zero attached hydrogens (tertiary/aromatic N) is 1. The largest absolute Gasteiger partial charge is 0.481 e. The molecule has 71 heavy (non-hydrogen) atoms. The van der Waals surface area contributed by atoms with Gasteiger partial charge in [0.15, 0.2) is 28.7 Å². The Morgan fingerprint density at radius 2 is 1.24 bits per heavy atom. The van der Waals surface area contributed by atoms with E-state index in [-0.39, 0.29) is 50.4 Å². The molecule has 1 aromatic carbocycles. The van der Waals surface area contributed by atoms with E-state index >= 15 is 0 Å². The molecule has 394 valence electrons. The Morgan fingerprint density at radius 3 is 1.79 bits per heavy atom. The fourth-order valence-corrected chi connectivity index (χ4v) is 7.50. The molecule has 7 amide bonds. The van der Waals surface area contributed by atoms with Gasteiger partial charge in [-0.3, -0.25) is 62.5 Å². The van der Waals surface area contributed by atoms with E-state index < -0.39 is 150 Å². The number of benzene rings is 1. The van der Waals surface area contributed by atoms with Gasteiger partial charge in [-0.2, -0.15) is 24.4 Å². The normalized spacial score (nSPS) is 14.2. The van der Waals surface area contributed by atoms with Gasteiger partial charge < -0.3 is 58.9 Å². The van der Waals surface area contributed by atoms with Crippen LogP contribution < -0.4 is 48.7 Å². The van der Waals surface area contributed by atoms with Crippen LogP contribution >= 0.6 is 37.0 Å². The molecule has 0 saturated heterocycles. The van der Waals surface area contributed by atoms with Crippen molar-refractivity contribution in [1.29, 1.82) is 0 Å². The molecule has 0 aliphatic carbocycles. The summed E-state index contributed by atoms with van der Waals surface area (Å²) in [5.74, 6) is -13.4. The number of ketones is 3. The minimum atomic E-state index is -1.77. The number of Topliss-reactive ketones (excluding diaryl/α,β-unsaturated/α-hetero) is 3. The summed E-state index contributed by atoms with van der Waals surface area (Å²) in [6.45, 7) is 2.71. The molecule has 0 aliphatic rings. The van der Waals surface area contributed by atoms with E-state index in [9.17, 15) is 62.6 Å². The molecule has 0 spiro atoms. The highest BCUT2D eigenvalue weighted by Gasteiger charge is 2.33. The van der Waals surface area contributed by atoms with Gasteiger partial charge in [-0.25, -0.2) is 0 Å². The first-order chi connectivity index (χ1) is 33.4. The number of rotatable bonds is 35. The third-order valence-corrected chi connectivity index (χ3v) is 11.8. The van der Waals surface area contributed by atoms with Crippen molar-refractivity contribution in [2.24, 2.45) is 34.2 Å². The zero-order chi connectivity index (χ0) is 53.8. The predicted molar refractivity (Wildman–Crippen MR) is 268 cm³/mol. The highest BCUT2D eigenvalue weighted by molar-refractivity contribution is 7.98. The first-order valence-electron chi connectivity index (χ1n) is 22.3. The Morgan fingerprint density at radius 1 is 0.662 bits per heavy atom. The maximum atomic E-state index is 14.0. The van der Waals surface area contributed by atoms with Crippen LogP contribution in [0.4, 0.5) is 0 Å². The van der Waals surface area contributed by atoms with Crippen LogP contribution in [0.1, 0.15) is 71.3 Å². The molecule has 13 N–H and O–H groups in total. The van der Waals surface area contributed by atoms with Gasteiger partial charge >= 0.3 is 11.9 Å². The number of carbonyl (C=O) groups is 12. The van der Waals surface area contributed by atoms with Crippen LogP contribution in [-0.4, -0.2) is 154 Å². The van der Waals surface area contributed by atoms with Gasteiger partial charge in [0, 0.05) is 50.3 Å². The number of nitrogens with two attached hydrogens (primary N) is 2. The molecule has 0 saturated carbocycles. The summed E-state index contributed by atoms with van der Waals surface area (Å²) in [6.07, 6.45) is -0.223. The quantitative estimate of drug-likeness (QED) is 0.0113. The van der Waals surface area contributed by atoms with Gasteiger partial charge in [-0.05, 0) is 57.1 Å². The molecule has 0 aromatic heterocycles. The number of thioether (sulfide) groups is 1. The van der Waals surface area contributed by atoms with Crippen LogP contribution in [0.15, 0.2) is 35.3 Å².